The Morgan fingerprint density at radius 1 is 1.39 bits per heavy atom. The number of aromatic nitrogens is 2. The summed E-state index contributed by atoms with van der Waals surface area (Å²) in [5, 5.41) is 3.07. The van der Waals surface area contributed by atoms with Crippen molar-refractivity contribution in [3.8, 4) is 18.2 Å². The Kier molecular flexibility index (Phi) is 5.31. The van der Waals surface area contributed by atoms with E-state index in [2.05, 4.69) is 26.2 Å². The molecule has 2 aliphatic rings. The minimum absolute atomic E-state index is 0.0165. The highest BCUT2D eigenvalue weighted by Crippen LogP contribution is 2.61. The highest BCUT2D eigenvalue weighted by Gasteiger charge is 2.61. The number of amides is 1. The van der Waals surface area contributed by atoms with E-state index in [-0.39, 0.29) is 46.5 Å². The first-order valence-corrected chi connectivity index (χ1v) is 10.3. The Balaban J connectivity index is 1.61. The zero-order valence-electron chi connectivity index (χ0n) is 16.7. The van der Waals surface area contributed by atoms with Crippen LogP contribution >= 0.6 is 11.8 Å². The molecule has 3 N–H and O–H groups in total. The van der Waals surface area contributed by atoms with Crippen molar-refractivity contribution < 1.29 is 18.3 Å². The van der Waals surface area contributed by atoms with Crippen molar-refractivity contribution >= 4 is 28.5 Å². The molecule has 2 heterocycles. The summed E-state index contributed by atoms with van der Waals surface area (Å²) in [7, 11) is 0. The number of ether oxygens (including phenoxy) is 1. The molecule has 1 aliphatic heterocycles. The molecule has 7 nitrogen and oxygen atoms in total. The summed E-state index contributed by atoms with van der Waals surface area (Å²) in [6.07, 6.45) is 7.55. The quantitative estimate of drug-likeness (QED) is 0.689. The summed E-state index contributed by atoms with van der Waals surface area (Å²) in [4.78, 5) is 24.9. The first kappa shape index (κ1) is 21.1. The van der Waals surface area contributed by atoms with Gasteiger partial charge in [0.2, 0.25) is 5.88 Å². The number of aliphatic imine (C=N–C) groups is 1. The second kappa shape index (κ2) is 7.81. The van der Waals surface area contributed by atoms with Crippen LogP contribution in [0.25, 0.3) is 0 Å². The maximum Gasteiger partial charge on any atom is 0.275 e. The standard InChI is InChI=1S/C21H19F2N5O2S/c1-4-5-30-15-9-25-14(8-26-15)19(29)27-11-6-12(17(23)13(22)7-11)21(3)16-10(2)18(16)31-20(24)28-21/h1,6-10,16,18H,5H2,2-3H3,(H2,24,28)(H,27,29)/t10?,16?,18?,21-/m1/s1. The number of benzene rings is 1. The van der Waals surface area contributed by atoms with Gasteiger partial charge in [0.25, 0.3) is 5.91 Å². The maximum absolute atomic E-state index is 14.8. The van der Waals surface area contributed by atoms with Crippen molar-refractivity contribution in [2.45, 2.75) is 24.6 Å². The summed E-state index contributed by atoms with van der Waals surface area (Å²) < 4.78 is 34.4. The van der Waals surface area contributed by atoms with Crippen LogP contribution in [0, 0.1) is 35.8 Å². The molecule has 2 aromatic rings. The monoisotopic (exact) mass is 443 g/mol. The number of nitrogens with one attached hydrogen (secondary N) is 1. The second-order valence-corrected chi connectivity index (χ2v) is 8.77. The van der Waals surface area contributed by atoms with E-state index in [0.29, 0.717) is 5.17 Å². The number of halogens is 2. The van der Waals surface area contributed by atoms with E-state index in [1.807, 2.05) is 6.92 Å². The molecule has 4 rings (SSSR count). The molecule has 160 valence electrons. The SMILES string of the molecule is C#CCOc1cnc(C(=O)Nc2cc(F)c(F)c([C@@]3(C)N=C(N)SC4C(C)C43)c2)cn1. The molecule has 10 heteroatoms. The Labute approximate surface area is 181 Å². The molecule has 4 atom stereocenters. The zero-order valence-corrected chi connectivity index (χ0v) is 17.5. The number of rotatable bonds is 5. The fourth-order valence-electron chi connectivity index (χ4n) is 4.00. The number of terminal acetylenes is 1. The fourth-order valence-corrected chi connectivity index (χ4v) is 5.47. The van der Waals surface area contributed by atoms with Crippen LogP contribution in [0.15, 0.2) is 29.5 Å². The van der Waals surface area contributed by atoms with Crippen molar-refractivity contribution in [2.75, 3.05) is 11.9 Å². The number of fused-ring (bicyclic) bond motifs is 1. The summed E-state index contributed by atoms with van der Waals surface area (Å²) >= 11 is 1.45. The first-order chi connectivity index (χ1) is 14.7. The van der Waals surface area contributed by atoms with Crippen molar-refractivity contribution in [3.05, 3.63) is 47.4 Å². The van der Waals surface area contributed by atoms with Gasteiger partial charge in [-0.25, -0.2) is 18.7 Å². The second-order valence-electron chi connectivity index (χ2n) is 7.57. The predicted molar refractivity (Wildman–Crippen MR) is 114 cm³/mol. The minimum Gasteiger partial charge on any atom is -0.463 e. The molecule has 31 heavy (non-hydrogen) atoms. The number of carbonyl (C=O) groups is 1. The molecular formula is C21H19F2N5O2S. The number of hydrogen-bond donors (Lipinski definition) is 2. The molecule has 3 unspecified atom stereocenters. The third-order valence-electron chi connectivity index (χ3n) is 5.54. The number of nitrogens with two attached hydrogens (primary N) is 1. The Bertz CT molecular complexity index is 1120. The van der Waals surface area contributed by atoms with Crippen molar-refractivity contribution in [1.82, 2.24) is 9.97 Å². The Morgan fingerprint density at radius 3 is 2.84 bits per heavy atom. The Morgan fingerprint density at radius 2 is 2.16 bits per heavy atom. The molecule has 1 saturated carbocycles. The molecule has 0 spiro atoms. The van der Waals surface area contributed by atoms with Gasteiger partial charge in [-0.3, -0.25) is 9.79 Å². The number of hydrogen-bond acceptors (Lipinski definition) is 7. The predicted octanol–water partition coefficient (Wildman–Crippen LogP) is 2.93. The van der Waals surface area contributed by atoms with E-state index in [1.165, 1.54) is 30.2 Å². The van der Waals surface area contributed by atoms with Gasteiger partial charge in [-0.05, 0) is 18.9 Å². The summed E-state index contributed by atoms with van der Waals surface area (Å²) in [5.74, 6) is -0.00454. The number of nitrogens with zero attached hydrogens (tertiary/aromatic N) is 3. The summed E-state index contributed by atoms with van der Waals surface area (Å²) in [5.41, 5.74) is 5.01. The van der Waals surface area contributed by atoms with Crippen LogP contribution in [-0.4, -0.2) is 32.9 Å². The van der Waals surface area contributed by atoms with E-state index < -0.39 is 23.1 Å². The Hall–Kier alpha value is -3.19. The van der Waals surface area contributed by atoms with Gasteiger partial charge in [0.1, 0.15) is 5.69 Å². The van der Waals surface area contributed by atoms with Gasteiger partial charge in [-0.1, -0.05) is 24.6 Å². The van der Waals surface area contributed by atoms with Crippen LogP contribution in [0.1, 0.15) is 29.9 Å². The van der Waals surface area contributed by atoms with Gasteiger partial charge in [0.15, 0.2) is 23.4 Å². The number of carbonyl (C=O) groups excluding carboxylic acids is 1. The van der Waals surface area contributed by atoms with Crippen molar-refractivity contribution in [2.24, 2.45) is 22.6 Å². The van der Waals surface area contributed by atoms with Gasteiger partial charge in [-0.2, -0.15) is 0 Å². The highest BCUT2D eigenvalue weighted by atomic mass is 32.2. The third kappa shape index (κ3) is 3.81. The maximum atomic E-state index is 14.8. The van der Waals surface area contributed by atoms with E-state index in [1.54, 1.807) is 6.92 Å². The van der Waals surface area contributed by atoms with Crippen LogP contribution in [-0.2, 0) is 5.54 Å². The van der Waals surface area contributed by atoms with E-state index in [4.69, 9.17) is 16.9 Å². The molecule has 1 aromatic heterocycles. The normalized spacial score (nSPS) is 26.3. The van der Waals surface area contributed by atoms with Crippen molar-refractivity contribution in [3.63, 3.8) is 0 Å². The third-order valence-corrected chi connectivity index (χ3v) is 6.87. The molecule has 0 radical (unpaired) electrons. The minimum atomic E-state index is -1.09. The average molecular weight is 443 g/mol. The van der Waals surface area contributed by atoms with E-state index in [9.17, 15) is 13.6 Å². The van der Waals surface area contributed by atoms with Gasteiger partial charge >= 0.3 is 0 Å². The fraction of sp³-hybridized carbons (Fsp3) is 0.333. The molecular weight excluding hydrogens is 424 g/mol. The van der Waals surface area contributed by atoms with Gasteiger partial charge < -0.3 is 15.8 Å². The van der Waals surface area contributed by atoms with Crippen molar-refractivity contribution in [1.29, 1.82) is 0 Å². The lowest BCUT2D eigenvalue weighted by molar-refractivity contribution is 0.102. The summed E-state index contributed by atoms with van der Waals surface area (Å²) in [6.45, 7) is 3.79. The van der Waals surface area contributed by atoms with Crippen LogP contribution in [0.4, 0.5) is 14.5 Å². The molecule has 1 aromatic carbocycles. The largest absolute Gasteiger partial charge is 0.463 e. The van der Waals surface area contributed by atoms with E-state index in [0.717, 1.165) is 6.07 Å². The molecule has 0 saturated heterocycles. The topological polar surface area (TPSA) is 102 Å². The first-order valence-electron chi connectivity index (χ1n) is 9.45. The van der Waals surface area contributed by atoms with Crippen LogP contribution in [0.3, 0.4) is 0 Å². The number of amidine groups is 1. The lowest BCUT2D eigenvalue weighted by Gasteiger charge is -2.30. The van der Waals surface area contributed by atoms with E-state index >= 15 is 0 Å². The van der Waals surface area contributed by atoms with Gasteiger partial charge in [0.05, 0.1) is 17.9 Å². The lowest BCUT2D eigenvalue weighted by atomic mass is 9.85. The van der Waals surface area contributed by atoms with Crippen LogP contribution in [0.2, 0.25) is 0 Å². The number of anilines is 1. The molecule has 1 aliphatic carbocycles. The van der Waals surface area contributed by atoms with Crippen LogP contribution in [0.5, 0.6) is 5.88 Å². The summed E-state index contributed by atoms with van der Waals surface area (Å²) in [6, 6.07) is 2.30. The highest BCUT2D eigenvalue weighted by molar-refractivity contribution is 8.14. The number of thioether (sulfide) groups is 1. The van der Waals surface area contributed by atoms with Gasteiger partial charge in [-0.15, -0.1) is 6.42 Å². The molecule has 1 amide bonds. The van der Waals surface area contributed by atoms with Gasteiger partial charge in [0, 0.05) is 28.5 Å². The molecule has 0 bridgehead atoms. The molecule has 1 fully saturated rings. The smallest absolute Gasteiger partial charge is 0.275 e. The lowest BCUT2D eigenvalue weighted by Crippen LogP contribution is -2.32. The average Bonchev–Trinajstić information content (AvgIpc) is 3.39. The van der Waals surface area contributed by atoms with Crippen LogP contribution < -0.4 is 15.8 Å². The zero-order chi connectivity index (χ0) is 22.3.